The van der Waals surface area contributed by atoms with Gasteiger partial charge in [0.2, 0.25) is 0 Å². The van der Waals surface area contributed by atoms with E-state index < -0.39 is 11.7 Å². The smallest absolute Gasteiger partial charge is 0.420 e. The molecule has 4 rings (SSSR count). The van der Waals surface area contributed by atoms with E-state index in [1.54, 1.807) is 24.3 Å². The van der Waals surface area contributed by atoms with Gasteiger partial charge >= 0.3 is 11.7 Å². The molecule has 24 heavy (non-hydrogen) atoms. The van der Waals surface area contributed by atoms with Gasteiger partial charge in [0.25, 0.3) is 0 Å². The van der Waals surface area contributed by atoms with E-state index in [0.29, 0.717) is 16.9 Å². The lowest BCUT2D eigenvalue weighted by molar-refractivity contribution is -0.146. The highest BCUT2D eigenvalue weighted by atomic mass is 16.5. The van der Waals surface area contributed by atoms with E-state index in [2.05, 4.69) is 0 Å². The minimum Gasteiger partial charge on any atom is -0.457 e. The van der Waals surface area contributed by atoms with Crippen LogP contribution in [0.15, 0.2) is 68.2 Å². The maximum atomic E-state index is 12.0. The number of carbonyl (C=O) groups excluding carboxylic acids is 1. The largest absolute Gasteiger partial charge is 0.457 e. The van der Waals surface area contributed by atoms with Gasteiger partial charge in [-0.1, -0.05) is 30.3 Å². The van der Waals surface area contributed by atoms with Crippen LogP contribution in [-0.4, -0.2) is 10.5 Å². The minimum absolute atomic E-state index is 0.0120. The molecular weight excluding hydrogens is 310 g/mol. The molecule has 0 bridgehead atoms. The number of carbonyl (C=O) groups is 1. The highest BCUT2D eigenvalue weighted by Crippen LogP contribution is 2.19. The van der Waals surface area contributed by atoms with E-state index in [1.165, 1.54) is 4.57 Å². The molecule has 0 fully saturated rings. The number of esters is 1. The van der Waals surface area contributed by atoms with Gasteiger partial charge in [0.1, 0.15) is 24.5 Å². The van der Waals surface area contributed by atoms with Gasteiger partial charge in [-0.25, -0.2) is 4.79 Å². The Hall–Kier alpha value is -3.28. The monoisotopic (exact) mass is 323 g/mol. The second kappa shape index (κ2) is 5.73. The Bertz CT molecular complexity index is 1050. The van der Waals surface area contributed by atoms with Crippen molar-refractivity contribution < 1.29 is 18.4 Å². The molecule has 0 unspecified atom stereocenters. The number of furan rings is 1. The molecule has 0 atom stereocenters. The summed E-state index contributed by atoms with van der Waals surface area (Å²) in [5, 5.41) is 0.945. The molecule has 2 aromatic heterocycles. The van der Waals surface area contributed by atoms with Crippen LogP contribution in [0, 0.1) is 0 Å². The van der Waals surface area contributed by atoms with Crippen LogP contribution in [0.3, 0.4) is 0 Å². The lowest BCUT2D eigenvalue weighted by atomic mass is 10.2. The average molecular weight is 323 g/mol. The SMILES string of the molecule is O=C(Cn1c(=O)oc2ccccc21)OCc1cc2ccccc2o1. The summed E-state index contributed by atoms with van der Waals surface area (Å²) in [6, 6.07) is 16.3. The average Bonchev–Trinajstić information content (AvgIpc) is 3.14. The Balaban J connectivity index is 1.48. The van der Waals surface area contributed by atoms with Gasteiger partial charge in [-0.2, -0.15) is 0 Å². The topological polar surface area (TPSA) is 74.6 Å². The first-order valence-corrected chi connectivity index (χ1v) is 7.42. The molecule has 0 aliphatic carbocycles. The molecular formula is C18H13NO5. The zero-order chi connectivity index (χ0) is 16.5. The van der Waals surface area contributed by atoms with Crippen molar-refractivity contribution in [3.05, 3.63) is 70.9 Å². The van der Waals surface area contributed by atoms with Gasteiger partial charge in [-0.05, 0) is 24.3 Å². The highest BCUT2D eigenvalue weighted by Gasteiger charge is 2.14. The quantitative estimate of drug-likeness (QED) is 0.540. The summed E-state index contributed by atoms with van der Waals surface area (Å²) in [5.74, 6) is -0.574. The van der Waals surface area contributed by atoms with Crippen LogP contribution in [0.25, 0.3) is 22.1 Å². The molecule has 0 amide bonds. The van der Waals surface area contributed by atoms with Crippen molar-refractivity contribution in [2.24, 2.45) is 0 Å². The first-order chi connectivity index (χ1) is 11.7. The molecule has 6 heteroatoms. The van der Waals surface area contributed by atoms with Gasteiger partial charge in [-0.15, -0.1) is 0 Å². The summed E-state index contributed by atoms with van der Waals surface area (Å²) in [5.41, 5.74) is 1.73. The second-order valence-corrected chi connectivity index (χ2v) is 5.33. The molecule has 2 aromatic carbocycles. The molecule has 0 spiro atoms. The van der Waals surface area contributed by atoms with Crippen LogP contribution in [0.1, 0.15) is 5.76 Å². The van der Waals surface area contributed by atoms with Crippen LogP contribution in [0.2, 0.25) is 0 Å². The molecule has 0 saturated carbocycles. The molecule has 6 nitrogen and oxygen atoms in total. The molecule has 120 valence electrons. The number of aromatic nitrogens is 1. The van der Waals surface area contributed by atoms with E-state index in [4.69, 9.17) is 13.6 Å². The molecule has 0 aliphatic rings. The molecule has 2 heterocycles. The number of hydrogen-bond acceptors (Lipinski definition) is 5. The third-order valence-electron chi connectivity index (χ3n) is 3.71. The predicted molar refractivity (Wildman–Crippen MR) is 86.5 cm³/mol. The van der Waals surface area contributed by atoms with Crippen molar-refractivity contribution in [1.82, 2.24) is 4.57 Å². The zero-order valence-electron chi connectivity index (χ0n) is 12.6. The van der Waals surface area contributed by atoms with Crippen molar-refractivity contribution >= 4 is 28.0 Å². The second-order valence-electron chi connectivity index (χ2n) is 5.33. The van der Waals surface area contributed by atoms with Crippen molar-refractivity contribution in [2.75, 3.05) is 0 Å². The molecule has 0 aliphatic heterocycles. The normalized spacial score (nSPS) is 11.2. The van der Waals surface area contributed by atoms with Crippen LogP contribution >= 0.6 is 0 Å². The fraction of sp³-hybridized carbons (Fsp3) is 0.111. The first-order valence-electron chi connectivity index (χ1n) is 7.42. The van der Waals surface area contributed by atoms with E-state index in [9.17, 15) is 9.59 Å². The van der Waals surface area contributed by atoms with Gasteiger partial charge < -0.3 is 13.6 Å². The maximum absolute atomic E-state index is 12.0. The van der Waals surface area contributed by atoms with Crippen molar-refractivity contribution in [1.29, 1.82) is 0 Å². The van der Waals surface area contributed by atoms with Crippen LogP contribution in [0.4, 0.5) is 0 Å². The fourth-order valence-corrected chi connectivity index (χ4v) is 2.60. The Kier molecular flexibility index (Phi) is 3.42. The Labute approximate surface area is 135 Å². The Morgan fingerprint density at radius 3 is 2.58 bits per heavy atom. The number of fused-ring (bicyclic) bond motifs is 2. The van der Waals surface area contributed by atoms with E-state index >= 15 is 0 Å². The number of ether oxygens (including phenoxy) is 1. The van der Waals surface area contributed by atoms with E-state index in [-0.39, 0.29) is 13.2 Å². The van der Waals surface area contributed by atoms with Gasteiger partial charge in [0, 0.05) is 5.39 Å². The van der Waals surface area contributed by atoms with Gasteiger partial charge in [-0.3, -0.25) is 9.36 Å². The third-order valence-corrected chi connectivity index (χ3v) is 3.71. The minimum atomic E-state index is -0.586. The van der Waals surface area contributed by atoms with Gasteiger partial charge in [0.05, 0.1) is 5.52 Å². The summed E-state index contributed by atoms with van der Waals surface area (Å²) in [7, 11) is 0. The Morgan fingerprint density at radius 2 is 1.75 bits per heavy atom. The third kappa shape index (κ3) is 2.58. The van der Waals surface area contributed by atoms with Gasteiger partial charge in [0.15, 0.2) is 5.58 Å². The Morgan fingerprint density at radius 1 is 1.00 bits per heavy atom. The predicted octanol–water partition coefficient (Wildman–Crippen LogP) is 3.08. The van der Waals surface area contributed by atoms with Crippen molar-refractivity contribution in [2.45, 2.75) is 13.2 Å². The summed E-state index contributed by atoms with van der Waals surface area (Å²) in [4.78, 5) is 23.9. The lowest BCUT2D eigenvalue weighted by Gasteiger charge is -2.03. The highest BCUT2D eigenvalue weighted by molar-refractivity contribution is 5.78. The van der Waals surface area contributed by atoms with Crippen LogP contribution < -0.4 is 5.76 Å². The summed E-state index contributed by atoms with van der Waals surface area (Å²) in [6.07, 6.45) is 0. The van der Waals surface area contributed by atoms with E-state index in [0.717, 1.165) is 11.0 Å². The maximum Gasteiger partial charge on any atom is 0.420 e. The molecule has 0 radical (unpaired) electrons. The zero-order valence-corrected chi connectivity index (χ0v) is 12.6. The lowest BCUT2D eigenvalue weighted by Crippen LogP contribution is -2.21. The van der Waals surface area contributed by atoms with Crippen molar-refractivity contribution in [3.63, 3.8) is 0 Å². The van der Waals surface area contributed by atoms with Crippen LogP contribution in [-0.2, 0) is 22.7 Å². The first kappa shape index (κ1) is 14.3. The molecule has 4 aromatic rings. The standard InChI is InChI=1S/C18H13NO5/c20-17(10-19-14-6-2-4-8-16(14)24-18(19)21)22-11-13-9-12-5-1-3-7-15(12)23-13/h1-9H,10-11H2. The van der Waals surface area contributed by atoms with E-state index in [1.807, 2.05) is 30.3 Å². The summed E-state index contributed by atoms with van der Waals surface area (Å²) < 4.78 is 17.1. The number of rotatable bonds is 4. The fourth-order valence-electron chi connectivity index (χ4n) is 2.60. The number of oxazole rings is 1. The molecule has 0 N–H and O–H groups in total. The van der Waals surface area contributed by atoms with Crippen molar-refractivity contribution in [3.8, 4) is 0 Å². The number of benzene rings is 2. The molecule has 0 saturated heterocycles. The number of para-hydroxylation sites is 3. The number of hydrogen-bond donors (Lipinski definition) is 0. The summed E-state index contributed by atoms with van der Waals surface area (Å²) >= 11 is 0. The van der Waals surface area contributed by atoms with Crippen LogP contribution in [0.5, 0.6) is 0 Å². The number of nitrogens with zero attached hydrogens (tertiary/aromatic N) is 1. The summed E-state index contributed by atoms with van der Waals surface area (Å²) in [6.45, 7) is -0.200.